The summed E-state index contributed by atoms with van der Waals surface area (Å²) in [6.07, 6.45) is 0.539. The summed E-state index contributed by atoms with van der Waals surface area (Å²) in [5.74, 6) is -1.49. The molecule has 0 unspecified atom stereocenters. The number of rotatable bonds is 7. The number of carbonyl (C=O) groups is 2. The number of hydrogen-bond donors (Lipinski definition) is 2. The van der Waals surface area contributed by atoms with Crippen LogP contribution in [0.1, 0.15) is 17.9 Å². The van der Waals surface area contributed by atoms with Gasteiger partial charge in [-0.3, -0.25) is 9.59 Å². The maximum atomic E-state index is 13.8. The SMILES string of the molecule is COCCNC(=O)CNC(=O)[C@@H]1C[C@H]1c1c(F)cccc1Cl. The maximum absolute atomic E-state index is 13.8. The lowest BCUT2D eigenvalue weighted by molar-refractivity contribution is -0.126. The second-order valence-electron chi connectivity index (χ2n) is 5.14. The first kappa shape index (κ1) is 16.7. The third-order valence-corrected chi connectivity index (χ3v) is 3.88. The van der Waals surface area contributed by atoms with Crippen LogP contribution in [0.4, 0.5) is 4.39 Å². The third-order valence-electron chi connectivity index (χ3n) is 3.55. The van der Waals surface area contributed by atoms with E-state index in [0.717, 1.165) is 0 Å². The smallest absolute Gasteiger partial charge is 0.239 e. The number of carbonyl (C=O) groups excluding carboxylic acids is 2. The van der Waals surface area contributed by atoms with Gasteiger partial charge in [0.1, 0.15) is 5.82 Å². The molecule has 0 heterocycles. The van der Waals surface area contributed by atoms with Crippen LogP contribution in [0.2, 0.25) is 5.02 Å². The highest BCUT2D eigenvalue weighted by atomic mass is 35.5. The van der Waals surface area contributed by atoms with Crippen LogP contribution in [0.5, 0.6) is 0 Å². The Kier molecular flexibility index (Phi) is 5.74. The van der Waals surface area contributed by atoms with Crippen molar-refractivity contribution in [3.8, 4) is 0 Å². The van der Waals surface area contributed by atoms with Gasteiger partial charge in [-0.05, 0) is 18.6 Å². The Balaban J connectivity index is 1.80. The quantitative estimate of drug-likeness (QED) is 0.745. The van der Waals surface area contributed by atoms with E-state index in [-0.39, 0.29) is 30.2 Å². The minimum Gasteiger partial charge on any atom is -0.383 e. The van der Waals surface area contributed by atoms with Gasteiger partial charge in [-0.2, -0.15) is 0 Å². The van der Waals surface area contributed by atoms with Crippen molar-refractivity contribution in [1.82, 2.24) is 10.6 Å². The summed E-state index contributed by atoms with van der Waals surface area (Å²) in [6.45, 7) is 0.703. The topological polar surface area (TPSA) is 67.4 Å². The Morgan fingerprint density at radius 1 is 1.41 bits per heavy atom. The molecule has 22 heavy (non-hydrogen) atoms. The first-order valence-electron chi connectivity index (χ1n) is 7.01. The predicted octanol–water partition coefficient (Wildman–Crippen LogP) is 1.46. The van der Waals surface area contributed by atoms with E-state index in [4.69, 9.17) is 16.3 Å². The Morgan fingerprint density at radius 3 is 2.86 bits per heavy atom. The highest BCUT2D eigenvalue weighted by Gasteiger charge is 2.46. The Bertz CT molecular complexity index is 547. The predicted molar refractivity (Wildman–Crippen MR) is 80.2 cm³/mol. The summed E-state index contributed by atoms with van der Waals surface area (Å²) >= 11 is 5.99. The van der Waals surface area contributed by atoms with E-state index in [1.54, 1.807) is 6.07 Å². The maximum Gasteiger partial charge on any atom is 0.239 e. The van der Waals surface area contributed by atoms with Crippen LogP contribution in [0, 0.1) is 11.7 Å². The molecule has 1 saturated carbocycles. The van der Waals surface area contributed by atoms with Gasteiger partial charge in [0.2, 0.25) is 11.8 Å². The summed E-state index contributed by atoms with van der Waals surface area (Å²) in [5.41, 5.74) is 0.383. The molecule has 1 aliphatic rings. The van der Waals surface area contributed by atoms with Crippen molar-refractivity contribution in [1.29, 1.82) is 0 Å². The largest absolute Gasteiger partial charge is 0.383 e. The number of ether oxygens (including phenoxy) is 1. The first-order valence-corrected chi connectivity index (χ1v) is 7.39. The van der Waals surface area contributed by atoms with E-state index in [1.165, 1.54) is 19.2 Å². The van der Waals surface area contributed by atoms with Crippen LogP contribution < -0.4 is 10.6 Å². The fraction of sp³-hybridized carbons (Fsp3) is 0.467. The molecule has 7 heteroatoms. The average Bonchev–Trinajstić information content (AvgIpc) is 3.25. The zero-order chi connectivity index (χ0) is 16.1. The van der Waals surface area contributed by atoms with Crippen molar-refractivity contribution >= 4 is 23.4 Å². The Labute approximate surface area is 133 Å². The number of halogens is 2. The molecular weight excluding hydrogens is 311 g/mol. The van der Waals surface area contributed by atoms with Crippen molar-refractivity contribution in [2.24, 2.45) is 5.92 Å². The number of benzene rings is 1. The second-order valence-corrected chi connectivity index (χ2v) is 5.55. The fourth-order valence-corrected chi connectivity index (χ4v) is 2.63. The van der Waals surface area contributed by atoms with Crippen molar-refractivity contribution in [2.45, 2.75) is 12.3 Å². The van der Waals surface area contributed by atoms with Gasteiger partial charge in [0, 0.05) is 36.1 Å². The van der Waals surface area contributed by atoms with Gasteiger partial charge in [0.25, 0.3) is 0 Å². The van der Waals surface area contributed by atoms with E-state index >= 15 is 0 Å². The van der Waals surface area contributed by atoms with Gasteiger partial charge in [0.05, 0.1) is 13.2 Å². The Hall–Kier alpha value is -1.66. The molecule has 2 amide bonds. The van der Waals surface area contributed by atoms with Crippen LogP contribution >= 0.6 is 11.6 Å². The van der Waals surface area contributed by atoms with Crippen molar-refractivity contribution in [3.63, 3.8) is 0 Å². The molecule has 0 saturated heterocycles. The van der Waals surface area contributed by atoms with Crippen LogP contribution in [0.25, 0.3) is 0 Å². The lowest BCUT2D eigenvalue weighted by Crippen LogP contribution is -2.38. The molecule has 0 aromatic heterocycles. The van der Waals surface area contributed by atoms with Gasteiger partial charge < -0.3 is 15.4 Å². The summed E-state index contributed by atoms with van der Waals surface area (Å²) in [6, 6.07) is 4.47. The molecule has 2 N–H and O–H groups in total. The summed E-state index contributed by atoms with van der Waals surface area (Å²) in [4.78, 5) is 23.4. The first-order chi connectivity index (χ1) is 10.5. The van der Waals surface area contributed by atoms with E-state index in [2.05, 4.69) is 10.6 Å². The average molecular weight is 329 g/mol. The van der Waals surface area contributed by atoms with Crippen molar-refractivity contribution < 1.29 is 18.7 Å². The van der Waals surface area contributed by atoms with Crippen LogP contribution in [-0.4, -0.2) is 38.6 Å². The molecule has 0 radical (unpaired) electrons. The van der Waals surface area contributed by atoms with Gasteiger partial charge in [-0.15, -0.1) is 0 Å². The zero-order valence-electron chi connectivity index (χ0n) is 12.2. The Morgan fingerprint density at radius 2 is 2.18 bits per heavy atom. The van der Waals surface area contributed by atoms with E-state index in [0.29, 0.717) is 30.2 Å². The summed E-state index contributed by atoms with van der Waals surface area (Å²) in [7, 11) is 1.54. The number of hydrogen-bond acceptors (Lipinski definition) is 3. The van der Waals surface area contributed by atoms with E-state index in [1.807, 2.05) is 0 Å². The van der Waals surface area contributed by atoms with Gasteiger partial charge in [-0.1, -0.05) is 17.7 Å². The van der Waals surface area contributed by atoms with Gasteiger partial charge in [-0.25, -0.2) is 4.39 Å². The minimum atomic E-state index is -0.398. The molecule has 2 rings (SSSR count). The molecule has 1 aliphatic carbocycles. The highest BCUT2D eigenvalue weighted by molar-refractivity contribution is 6.31. The molecule has 2 atom stereocenters. The molecule has 5 nitrogen and oxygen atoms in total. The van der Waals surface area contributed by atoms with Crippen molar-refractivity contribution in [3.05, 3.63) is 34.6 Å². The second kappa shape index (κ2) is 7.56. The minimum absolute atomic E-state index is 0.100. The van der Waals surface area contributed by atoms with Crippen molar-refractivity contribution in [2.75, 3.05) is 26.8 Å². The van der Waals surface area contributed by atoms with E-state index in [9.17, 15) is 14.0 Å². The molecule has 0 spiro atoms. The lowest BCUT2D eigenvalue weighted by Gasteiger charge is -2.07. The molecule has 1 aromatic carbocycles. The highest BCUT2D eigenvalue weighted by Crippen LogP contribution is 2.50. The summed E-state index contributed by atoms with van der Waals surface area (Å²) < 4.78 is 18.6. The van der Waals surface area contributed by atoms with Gasteiger partial charge >= 0.3 is 0 Å². The number of methoxy groups -OCH3 is 1. The molecule has 0 bridgehead atoms. The molecule has 1 aromatic rings. The third kappa shape index (κ3) is 4.18. The molecule has 1 fully saturated rings. The van der Waals surface area contributed by atoms with E-state index < -0.39 is 5.82 Å². The normalized spacial score (nSPS) is 19.6. The molecular formula is C15H18ClFN2O3. The van der Waals surface area contributed by atoms with Crippen LogP contribution in [0.15, 0.2) is 18.2 Å². The number of amides is 2. The summed E-state index contributed by atoms with van der Waals surface area (Å²) in [5, 5.41) is 5.48. The molecule has 0 aliphatic heterocycles. The van der Waals surface area contributed by atoms with Gasteiger partial charge in [0.15, 0.2) is 0 Å². The lowest BCUT2D eigenvalue weighted by atomic mass is 10.1. The molecule has 120 valence electrons. The number of nitrogens with one attached hydrogen (secondary N) is 2. The standard InChI is InChI=1S/C15H18ClFN2O3/c1-22-6-5-18-13(20)8-19-15(21)10-7-9(10)14-11(16)3-2-4-12(14)17/h2-4,9-10H,5-8H2,1H3,(H,18,20)(H,19,21)/t9-,10-/m1/s1. The monoisotopic (exact) mass is 328 g/mol. The fourth-order valence-electron chi connectivity index (χ4n) is 2.32. The zero-order valence-corrected chi connectivity index (χ0v) is 13.0. The van der Waals surface area contributed by atoms with Crippen LogP contribution in [-0.2, 0) is 14.3 Å². The van der Waals surface area contributed by atoms with Crippen LogP contribution in [0.3, 0.4) is 0 Å².